The zero-order valence-electron chi connectivity index (χ0n) is 12.8. The zero-order valence-corrected chi connectivity index (χ0v) is 12.8. The summed E-state index contributed by atoms with van der Waals surface area (Å²) in [5.41, 5.74) is -1.81. The maximum absolute atomic E-state index is 14.0. The molecule has 2 amide bonds. The number of carbonyl (C=O) groups excluding carboxylic acids is 2. The van der Waals surface area contributed by atoms with Crippen molar-refractivity contribution in [1.82, 2.24) is 9.80 Å². The third kappa shape index (κ3) is 3.26. The Morgan fingerprint density at radius 1 is 1.30 bits per heavy atom. The number of alkyl halides is 2. The van der Waals surface area contributed by atoms with Crippen LogP contribution in [-0.4, -0.2) is 65.6 Å². The molecule has 6 nitrogen and oxygen atoms in total. The smallest absolute Gasteiger partial charge is 0.410 e. The molecule has 1 heterocycles. The topological polar surface area (TPSA) is 70.1 Å². The van der Waals surface area contributed by atoms with Crippen LogP contribution in [0.5, 0.6) is 0 Å². The van der Waals surface area contributed by atoms with Crippen molar-refractivity contribution >= 4 is 12.0 Å². The van der Waals surface area contributed by atoms with Crippen LogP contribution in [0.2, 0.25) is 0 Å². The average molecular weight is 328 g/mol. The molecule has 1 aliphatic heterocycles. The summed E-state index contributed by atoms with van der Waals surface area (Å²) in [6, 6.07) is 8.87. The number of rotatable bonds is 4. The van der Waals surface area contributed by atoms with Crippen LogP contribution in [0.3, 0.4) is 0 Å². The number of nitrogens with zero attached hydrogens (tertiary/aromatic N) is 2. The molecule has 1 N–H and O–H groups in total. The van der Waals surface area contributed by atoms with Crippen LogP contribution in [0.4, 0.5) is 13.6 Å². The van der Waals surface area contributed by atoms with Gasteiger partial charge in [0.15, 0.2) is 5.60 Å². The molecule has 1 fully saturated rings. The van der Waals surface area contributed by atoms with Crippen molar-refractivity contribution in [3.8, 4) is 0 Å². The van der Waals surface area contributed by atoms with E-state index in [-0.39, 0.29) is 6.61 Å². The molecule has 0 aromatic heterocycles. The van der Waals surface area contributed by atoms with Crippen LogP contribution in [0.25, 0.3) is 0 Å². The molecule has 126 valence electrons. The predicted molar refractivity (Wildman–Crippen MR) is 76.8 cm³/mol. The number of hydrogen-bond acceptors (Lipinski definition) is 4. The molecule has 0 atom stereocenters. The molecule has 2 rings (SSSR count). The van der Waals surface area contributed by atoms with Crippen molar-refractivity contribution in [2.75, 3.05) is 27.2 Å². The number of aliphatic hydroxyl groups is 1. The molecule has 1 aromatic carbocycles. The Morgan fingerprint density at radius 2 is 1.87 bits per heavy atom. The largest absolute Gasteiger partial charge is 0.445 e. The van der Waals surface area contributed by atoms with Gasteiger partial charge < -0.3 is 19.6 Å². The fourth-order valence-electron chi connectivity index (χ4n) is 2.20. The Hall–Kier alpha value is -2.22. The van der Waals surface area contributed by atoms with Crippen molar-refractivity contribution in [3.05, 3.63) is 35.9 Å². The van der Waals surface area contributed by atoms with Gasteiger partial charge >= 0.3 is 12.0 Å². The monoisotopic (exact) mass is 328 g/mol. The quantitative estimate of drug-likeness (QED) is 0.898. The van der Waals surface area contributed by atoms with E-state index in [0.717, 1.165) is 10.5 Å². The van der Waals surface area contributed by atoms with E-state index in [9.17, 15) is 23.5 Å². The molecular weight excluding hydrogens is 310 g/mol. The van der Waals surface area contributed by atoms with E-state index in [1.54, 1.807) is 24.3 Å². The highest BCUT2D eigenvalue weighted by molar-refractivity contribution is 5.85. The molecule has 0 bridgehead atoms. The fraction of sp³-hybridized carbons (Fsp3) is 0.467. The summed E-state index contributed by atoms with van der Waals surface area (Å²) in [7, 11) is 2.34. The lowest BCUT2D eigenvalue weighted by atomic mass is 9.86. The minimum Gasteiger partial charge on any atom is -0.445 e. The van der Waals surface area contributed by atoms with Gasteiger partial charge in [-0.1, -0.05) is 30.3 Å². The molecule has 8 heteroatoms. The highest BCUT2D eigenvalue weighted by Crippen LogP contribution is 2.38. The van der Waals surface area contributed by atoms with Crippen LogP contribution in [0, 0.1) is 0 Å². The molecule has 23 heavy (non-hydrogen) atoms. The summed E-state index contributed by atoms with van der Waals surface area (Å²) in [5, 5.41) is 9.91. The molecule has 0 unspecified atom stereocenters. The number of halogens is 2. The van der Waals surface area contributed by atoms with Crippen LogP contribution in [-0.2, 0) is 16.1 Å². The first-order chi connectivity index (χ1) is 10.7. The van der Waals surface area contributed by atoms with Gasteiger partial charge in [0.05, 0.1) is 13.1 Å². The number of β-amino-alcohol motifs (C(OH)–C–C–N with tert-alkyl or cyclic N) is 1. The first kappa shape index (κ1) is 17.1. The summed E-state index contributed by atoms with van der Waals surface area (Å²) in [5.74, 6) is -5.47. The van der Waals surface area contributed by atoms with Gasteiger partial charge in [-0.3, -0.25) is 4.79 Å². The van der Waals surface area contributed by atoms with E-state index in [0.29, 0.717) is 4.90 Å². The molecular formula is C15H18F2N2O4. The van der Waals surface area contributed by atoms with Gasteiger partial charge in [0, 0.05) is 14.1 Å². The fourth-order valence-corrected chi connectivity index (χ4v) is 2.20. The van der Waals surface area contributed by atoms with Crippen LogP contribution >= 0.6 is 0 Å². The molecule has 0 spiro atoms. The van der Waals surface area contributed by atoms with Crippen molar-refractivity contribution in [3.63, 3.8) is 0 Å². The van der Waals surface area contributed by atoms with Crippen molar-refractivity contribution in [1.29, 1.82) is 0 Å². The summed E-state index contributed by atoms with van der Waals surface area (Å²) in [6.45, 7) is -1.32. The summed E-state index contributed by atoms with van der Waals surface area (Å²) in [6.07, 6.45) is -0.813. The van der Waals surface area contributed by atoms with E-state index in [1.165, 1.54) is 14.1 Å². The van der Waals surface area contributed by atoms with Gasteiger partial charge in [-0.25, -0.2) is 4.79 Å². The highest BCUT2D eigenvalue weighted by atomic mass is 19.3. The number of amides is 2. The Bertz CT molecular complexity index is 586. The van der Waals surface area contributed by atoms with Crippen molar-refractivity contribution in [2.45, 2.75) is 18.1 Å². The van der Waals surface area contributed by atoms with Gasteiger partial charge in [-0.05, 0) is 5.56 Å². The summed E-state index contributed by atoms with van der Waals surface area (Å²) >= 11 is 0. The second-order valence-electron chi connectivity index (χ2n) is 5.70. The minimum absolute atomic E-state index is 0.00161. The molecule has 1 aromatic rings. The number of likely N-dealkylation sites (tertiary alicyclic amines) is 1. The SMILES string of the molecule is CN(C)C(=O)C(F)(F)C1(O)CN(C(=O)OCc2ccccc2)C1. The van der Waals surface area contributed by atoms with E-state index in [1.807, 2.05) is 6.07 Å². The van der Waals surface area contributed by atoms with E-state index in [2.05, 4.69) is 0 Å². The Morgan fingerprint density at radius 3 is 2.39 bits per heavy atom. The maximum Gasteiger partial charge on any atom is 0.410 e. The Labute approximate surface area is 132 Å². The van der Waals surface area contributed by atoms with E-state index >= 15 is 0 Å². The zero-order chi connectivity index (χ0) is 17.3. The van der Waals surface area contributed by atoms with Crippen molar-refractivity contribution < 1.29 is 28.2 Å². The average Bonchev–Trinajstić information content (AvgIpc) is 2.49. The van der Waals surface area contributed by atoms with Gasteiger partial charge in [0.25, 0.3) is 5.91 Å². The normalized spacial score (nSPS) is 16.5. The van der Waals surface area contributed by atoms with Gasteiger partial charge in [-0.15, -0.1) is 0 Å². The molecule has 0 saturated carbocycles. The van der Waals surface area contributed by atoms with Crippen LogP contribution in [0.15, 0.2) is 30.3 Å². The molecule has 0 radical (unpaired) electrons. The van der Waals surface area contributed by atoms with E-state index < -0.39 is 36.6 Å². The standard InChI is InChI=1S/C15H18F2N2O4/c1-18(2)12(20)15(16,17)14(22)9-19(10-14)13(21)23-8-11-6-4-3-5-7-11/h3-7,22H,8-10H2,1-2H3. The second-order valence-corrected chi connectivity index (χ2v) is 5.70. The number of benzene rings is 1. The first-order valence-corrected chi connectivity index (χ1v) is 6.95. The summed E-state index contributed by atoms with van der Waals surface area (Å²) < 4.78 is 32.9. The second kappa shape index (κ2) is 6.11. The number of hydrogen-bond donors (Lipinski definition) is 1. The molecule has 0 aliphatic carbocycles. The predicted octanol–water partition coefficient (Wildman–Crippen LogP) is 1.09. The molecule has 1 saturated heterocycles. The third-order valence-corrected chi connectivity index (χ3v) is 3.63. The van der Waals surface area contributed by atoms with E-state index in [4.69, 9.17) is 4.74 Å². The van der Waals surface area contributed by atoms with Crippen LogP contribution in [0.1, 0.15) is 5.56 Å². The minimum atomic E-state index is -3.97. The lowest BCUT2D eigenvalue weighted by Gasteiger charge is -2.48. The Balaban J connectivity index is 1.90. The van der Waals surface area contributed by atoms with Crippen LogP contribution < -0.4 is 0 Å². The third-order valence-electron chi connectivity index (χ3n) is 3.63. The summed E-state index contributed by atoms with van der Waals surface area (Å²) in [4.78, 5) is 24.9. The number of ether oxygens (including phenoxy) is 1. The van der Waals surface area contributed by atoms with Crippen molar-refractivity contribution in [2.24, 2.45) is 0 Å². The highest BCUT2D eigenvalue weighted by Gasteiger charge is 2.65. The van der Waals surface area contributed by atoms with Gasteiger partial charge in [0.2, 0.25) is 0 Å². The maximum atomic E-state index is 14.0. The molecule has 1 aliphatic rings. The Kier molecular flexibility index (Phi) is 4.56. The first-order valence-electron chi connectivity index (χ1n) is 6.95. The lowest BCUT2D eigenvalue weighted by molar-refractivity contribution is -0.233. The van der Waals surface area contributed by atoms with Gasteiger partial charge in [0.1, 0.15) is 6.61 Å². The lowest BCUT2D eigenvalue weighted by Crippen LogP contribution is -2.74. The number of carbonyl (C=O) groups is 2. The van der Waals surface area contributed by atoms with Gasteiger partial charge in [-0.2, -0.15) is 8.78 Å².